The first-order chi connectivity index (χ1) is 13.9. The lowest BCUT2D eigenvalue weighted by molar-refractivity contribution is -0.128. The van der Waals surface area contributed by atoms with Gasteiger partial charge < -0.3 is 20.7 Å². The van der Waals surface area contributed by atoms with E-state index in [2.05, 4.69) is 15.6 Å². The molecule has 0 spiro atoms. The molecule has 4 N–H and O–H groups in total. The van der Waals surface area contributed by atoms with Crippen LogP contribution >= 0.6 is 0 Å². The number of carbonyl (C=O) groups excluding carboxylic acids is 2. The minimum absolute atomic E-state index is 0.0125. The highest BCUT2D eigenvalue weighted by molar-refractivity contribution is 5.93. The quantitative estimate of drug-likeness (QED) is 0.529. The number of aliphatic hydroxyl groups excluding tert-OH is 1. The number of aromatic nitrogens is 1. The third-order valence-electron chi connectivity index (χ3n) is 5.07. The monoisotopic (exact) mass is 399 g/mol. The zero-order chi connectivity index (χ0) is 20.5. The summed E-state index contributed by atoms with van der Waals surface area (Å²) in [7, 11) is 0. The summed E-state index contributed by atoms with van der Waals surface area (Å²) >= 11 is 0. The number of carbonyl (C=O) groups is 2. The van der Waals surface area contributed by atoms with Gasteiger partial charge in [-0.1, -0.05) is 30.3 Å². The molecule has 0 bridgehead atoms. The number of halogens is 2. The molecule has 2 aromatic carbocycles. The molecular weight excluding hydrogens is 380 g/mol. The van der Waals surface area contributed by atoms with Crippen molar-refractivity contribution >= 4 is 22.7 Å². The second-order valence-electron chi connectivity index (χ2n) is 7.01. The second kappa shape index (κ2) is 7.63. The van der Waals surface area contributed by atoms with E-state index in [1.54, 1.807) is 0 Å². The van der Waals surface area contributed by atoms with Gasteiger partial charge in [-0.2, -0.15) is 0 Å². The van der Waals surface area contributed by atoms with Crippen molar-refractivity contribution in [2.45, 2.75) is 25.0 Å². The molecule has 3 aromatic rings. The largest absolute Gasteiger partial charge is 0.389 e. The average Bonchev–Trinajstić information content (AvgIpc) is 3.22. The molecule has 1 aliphatic heterocycles. The Kier molecular flexibility index (Phi) is 5.02. The number of β-amino-alcohol motifs (C(OH)–C–C–N with tert-alkyl or cyclic N) is 1. The SMILES string of the molecule is O=C(CCc1c(-c2ccccc2)[nH]c2c(F)cc(F)cc12)N[C@@H]1C(=O)NC[C@H]1O. The van der Waals surface area contributed by atoms with E-state index in [-0.39, 0.29) is 24.9 Å². The van der Waals surface area contributed by atoms with Gasteiger partial charge in [-0.15, -0.1) is 0 Å². The molecule has 2 heterocycles. The van der Waals surface area contributed by atoms with Crippen LogP contribution in [0.2, 0.25) is 0 Å². The van der Waals surface area contributed by atoms with Gasteiger partial charge in [-0.05, 0) is 23.6 Å². The van der Waals surface area contributed by atoms with Crippen molar-refractivity contribution < 1.29 is 23.5 Å². The molecule has 2 amide bonds. The van der Waals surface area contributed by atoms with Crippen LogP contribution in [0.1, 0.15) is 12.0 Å². The lowest BCUT2D eigenvalue weighted by Crippen LogP contribution is -2.45. The van der Waals surface area contributed by atoms with E-state index in [0.29, 0.717) is 16.6 Å². The molecule has 0 saturated carbocycles. The predicted molar refractivity (Wildman–Crippen MR) is 103 cm³/mol. The first kappa shape index (κ1) is 19.1. The van der Waals surface area contributed by atoms with Gasteiger partial charge in [0.25, 0.3) is 0 Å². The summed E-state index contributed by atoms with van der Waals surface area (Å²) in [6.07, 6.45) is -0.798. The lowest BCUT2D eigenvalue weighted by atomic mass is 10.0. The molecule has 8 heteroatoms. The average molecular weight is 399 g/mol. The molecule has 0 unspecified atom stereocenters. The summed E-state index contributed by atoms with van der Waals surface area (Å²) in [6.45, 7) is 0.0862. The molecule has 0 radical (unpaired) electrons. The zero-order valence-corrected chi connectivity index (χ0v) is 15.3. The standard InChI is InChI=1S/C21H19F2N3O3/c22-12-8-14-13(6-7-17(28)25-20-16(27)10-24-21(20)29)18(11-4-2-1-3-5-11)26-19(14)15(23)9-12/h1-5,8-9,16,20,26-27H,6-7,10H2,(H,24,29)(H,25,28)/t16-,20+/m1/s1. The Morgan fingerprint density at radius 1 is 1.21 bits per heavy atom. The molecule has 1 fully saturated rings. The van der Waals surface area contributed by atoms with Gasteiger partial charge in [-0.3, -0.25) is 9.59 Å². The normalized spacial score (nSPS) is 18.8. The summed E-state index contributed by atoms with van der Waals surface area (Å²) in [6, 6.07) is 10.2. The van der Waals surface area contributed by atoms with Gasteiger partial charge in [0.15, 0.2) is 0 Å². The molecule has 29 heavy (non-hydrogen) atoms. The van der Waals surface area contributed by atoms with E-state index in [4.69, 9.17) is 0 Å². The van der Waals surface area contributed by atoms with E-state index in [1.807, 2.05) is 30.3 Å². The number of hydrogen-bond donors (Lipinski definition) is 4. The van der Waals surface area contributed by atoms with Crippen LogP contribution in [0.4, 0.5) is 8.78 Å². The van der Waals surface area contributed by atoms with Crippen LogP contribution in [0.3, 0.4) is 0 Å². The summed E-state index contributed by atoms with van der Waals surface area (Å²) in [4.78, 5) is 27.0. The highest BCUT2D eigenvalue weighted by Gasteiger charge is 2.34. The Morgan fingerprint density at radius 2 is 1.97 bits per heavy atom. The fourth-order valence-corrected chi connectivity index (χ4v) is 3.64. The van der Waals surface area contributed by atoms with Gasteiger partial charge in [0.05, 0.1) is 5.52 Å². The molecule has 0 aliphatic carbocycles. The fraction of sp³-hybridized carbons (Fsp3) is 0.238. The molecule has 6 nitrogen and oxygen atoms in total. The van der Waals surface area contributed by atoms with Crippen LogP contribution in [0, 0.1) is 11.6 Å². The van der Waals surface area contributed by atoms with Crippen LogP contribution in [0.5, 0.6) is 0 Å². The van der Waals surface area contributed by atoms with Crippen molar-refractivity contribution in [3.8, 4) is 11.3 Å². The van der Waals surface area contributed by atoms with Crippen LogP contribution in [-0.2, 0) is 16.0 Å². The van der Waals surface area contributed by atoms with Crippen molar-refractivity contribution in [1.82, 2.24) is 15.6 Å². The number of amides is 2. The number of aliphatic hydroxyl groups is 1. The number of H-pyrrole nitrogens is 1. The van der Waals surface area contributed by atoms with Crippen molar-refractivity contribution in [2.75, 3.05) is 6.54 Å². The predicted octanol–water partition coefficient (Wildman–Crippen LogP) is 2.02. The smallest absolute Gasteiger partial charge is 0.245 e. The van der Waals surface area contributed by atoms with E-state index < -0.39 is 35.6 Å². The van der Waals surface area contributed by atoms with Crippen molar-refractivity contribution in [3.63, 3.8) is 0 Å². The minimum atomic E-state index is -0.992. The molecule has 2 atom stereocenters. The molecular formula is C21H19F2N3O3. The van der Waals surface area contributed by atoms with Gasteiger partial charge in [0, 0.05) is 30.1 Å². The number of aromatic amines is 1. The Labute approximate surface area is 164 Å². The summed E-state index contributed by atoms with van der Waals surface area (Å²) in [5.41, 5.74) is 2.17. The van der Waals surface area contributed by atoms with Crippen LogP contribution in [0.15, 0.2) is 42.5 Å². The van der Waals surface area contributed by atoms with Gasteiger partial charge in [-0.25, -0.2) is 8.78 Å². The highest BCUT2D eigenvalue weighted by atomic mass is 19.1. The Hall–Kier alpha value is -3.26. The maximum Gasteiger partial charge on any atom is 0.245 e. The summed E-state index contributed by atoms with van der Waals surface area (Å²) < 4.78 is 28.1. The first-order valence-electron chi connectivity index (χ1n) is 9.24. The van der Waals surface area contributed by atoms with Crippen LogP contribution < -0.4 is 10.6 Å². The lowest BCUT2D eigenvalue weighted by Gasteiger charge is -2.13. The van der Waals surface area contributed by atoms with Gasteiger partial charge in [0.2, 0.25) is 11.8 Å². The Bertz CT molecular complexity index is 1080. The first-order valence-corrected chi connectivity index (χ1v) is 9.24. The van der Waals surface area contributed by atoms with Crippen molar-refractivity contribution in [1.29, 1.82) is 0 Å². The van der Waals surface area contributed by atoms with E-state index in [1.165, 1.54) is 6.07 Å². The van der Waals surface area contributed by atoms with Gasteiger partial charge >= 0.3 is 0 Å². The van der Waals surface area contributed by atoms with Crippen LogP contribution in [-0.4, -0.2) is 40.6 Å². The van der Waals surface area contributed by atoms with Crippen LogP contribution in [0.25, 0.3) is 22.2 Å². The number of rotatable bonds is 5. The minimum Gasteiger partial charge on any atom is -0.389 e. The molecule has 1 saturated heterocycles. The Balaban J connectivity index is 1.63. The van der Waals surface area contributed by atoms with Crippen molar-refractivity contribution in [3.05, 3.63) is 59.7 Å². The number of fused-ring (bicyclic) bond motifs is 1. The molecule has 1 aromatic heterocycles. The fourth-order valence-electron chi connectivity index (χ4n) is 3.64. The Morgan fingerprint density at radius 3 is 2.66 bits per heavy atom. The second-order valence-corrected chi connectivity index (χ2v) is 7.01. The van der Waals surface area contributed by atoms with E-state index in [9.17, 15) is 23.5 Å². The maximum absolute atomic E-state index is 14.3. The molecule has 150 valence electrons. The molecule has 4 rings (SSSR count). The number of hydrogen-bond acceptors (Lipinski definition) is 3. The van der Waals surface area contributed by atoms with Gasteiger partial charge in [0.1, 0.15) is 23.8 Å². The third kappa shape index (κ3) is 3.71. The number of aryl methyl sites for hydroxylation is 1. The number of nitrogens with one attached hydrogen (secondary N) is 3. The van der Waals surface area contributed by atoms with Crippen molar-refractivity contribution in [2.24, 2.45) is 0 Å². The zero-order valence-electron chi connectivity index (χ0n) is 15.3. The summed E-state index contributed by atoms with van der Waals surface area (Å²) in [5.74, 6) is -2.29. The maximum atomic E-state index is 14.3. The summed E-state index contributed by atoms with van der Waals surface area (Å²) in [5, 5.41) is 15.1. The highest BCUT2D eigenvalue weighted by Crippen LogP contribution is 2.33. The third-order valence-corrected chi connectivity index (χ3v) is 5.07. The number of benzene rings is 2. The van der Waals surface area contributed by atoms with E-state index in [0.717, 1.165) is 11.6 Å². The molecule has 1 aliphatic rings. The topological polar surface area (TPSA) is 94.2 Å². The van der Waals surface area contributed by atoms with E-state index >= 15 is 0 Å².